The van der Waals surface area contributed by atoms with E-state index in [9.17, 15) is 13.6 Å². The summed E-state index contributed by atoms with van der Waals surface area (Å²) in [5.74, 6) is 0.797. The molecule has 0 atom stereocenters. The first-order valence-corrected chi connectivity index (χ1v) is 7.85. The first-order chi connectivity index (χ1) is 11.0. The third-order valence-electron chi connectivity index (χ3n) is 3.91. The Morgan fingerprint density at radius 3 is 2.83 bits per heavy atom. The van der Waals surface area contributed by atoms with Crippen LogP contribution in [-0.4, -0.2) is 43.7 Å². The van der Waals surface area contributed by atoms with Gasteiger partial charge in [0.05, 0.1) is 0 Å². The Morgan fingerprint density at radius 1 is 1.39 bits per heavy atom. The molecule has 0 bridgehead atoms. The van der Waals surface area contributed by atoms with E-state index in [0.29, 0.717) is 12.2 Å². The summed E-state index contributed by atoms with van der Waals surface area (Å²) in [5, 5.41) is 5.38. The number of likely N-dealkylation sites (tertiary alicyclic amines) is 1. The molecule has 0 radical (unpaired) electrons. The van der Waals surface area contributed by atoms with Gasteiger partial charge in [-0.2, -0.15) is 8.78 Å². The molecule has 1 aliphatic rings. The van der Waals surface area contributed by atoms with Gasteiger partial charge in [-0.3, -0.25) is 0 Å². The number of piperidine rings is 1. The summed E-state index contributed by atoms with van der Waals surface area (Å²) in [6, 6.07) is 5.57. The molecule has 0 unspecified atom stereocenters. The number of benzene rings is 1. The maximum Gasteiger partial charge on any atom is 0.387 e. The van der Waals surface area contributed by atoms with Crippen molar-refractivity contribution in [3.63, 3.8) is 0 Å². The van der Waals surface area contributed by atoms with Crippen LogP contribution in [0, 0.1) is 5.92 Å². The van der Waals surface area contributed by atoms with Crippen molar-refractivity contribution in [1.82, 2.24) is 10.2 Å². The van der Waals surface area contributed by atoms with Crippen molar-refractivity contribution in [3.8, 4) is 5.75 Å². The molecule has 2 N–H and O–H groups in total. The summed E-state index contributed by atoms with van der Waals surface area (Å²) in [5.41, 5.74) is 0.410. The van der Waals surface area contributed by atoms with E-state index in [2.05, 4.69) is 27.2 Å². The molecule has 2 amide bonds. The molecule has 23 heavy (non-hydrogen) atoms. The van der Waals surface area contributed by atoms with Crippen molar-refractivity contribution < 1.29 is 18.3 Å². The molecular weight excluding hydrogens is 304 g/mol. The first-order valence-electron chi connectivity index (χ1n) is 7.85. The van der Waals surface area contributed by atoms with Crippen LogP contribution in [0.15, 0.2) is 24.3 Å². The summed E-state index contributed by atoms with van der Waals surface area (Å²) in [6.45, 7) is 2.87. The Hall–Kier alpha value is -1.89. The van der Waals surface area contributed by atoms with Gasteiger partial charge in [-0.1, -0.05) is 13.0 Å². The number of amides is 2. The maximum atomic E-state index is 12.2. The highest BCUT2D eigenvalue weighted by molar-refractivity contribution is 5.89. The van der Waals surface area contributed by atoms with E-state index in [1.54, 1.807) is 12.1 Å². The molecule has 0 saturated carbocycles. The fourth-order valence-electron chi connectivity index (χ4n) is 2.54. The van der Waals surface area contributed by atoms with Crippen LogP contribution in [-0.2, 0) is 0 Å². The Morgan fingerprint density at radius 2 is 2.13 bits per heavy atom. The topological polar surface area (TPSA) is 53.6 Å². The fraction of sp³-hybridized carbons (Fsp3) is 0.562. The predicted molar refractivity (Wildman–Crippen MR) is 84.9 cm³/mol. The number of halogens is 2. The van der Waals surface area contributed by atoms with E-state index >= 15 is 0 Å². The molecule has 2 rings (SSSR count). The van der Waals surface area contributed by atoms with Crippen molar-refractivity contribution in [2.45, 2.75) is 26.4 Å². The standard InChI is InChI=1S/C16H23F2N3O2/c1-12-5-8-21(9-6-12)10-7-19-16(22)20-13-3-2-4-14(11-13)23-15(17)18/h2-4,11-12,15H,5-10H2,1H3,(H2,19,20,22). The third kappa shape index (κ3) is 6.40. The molecule has 0 aromatic heterocycles. The summed E-state index contributed by atoms with van der Waals surface area (Å²) < 4.78 is 28.6. The van der Waals surface area contributed by atoms with Crippen molar-refractivity contribution >= 4 is 11.7 Å². The molecule has 1 fully saturated rings. The minimum Gasteiger partial charge on any atom is -0.435 e. The number of carbonyl (C=O) groups is 1. The Bertz CT molecular complexity index is 506. The molecule has 0 spiro atoms. The summed E-state index contributed by atoms with van der Waals surface area (Å²) in [7, 11) is 0. The van der Waals surface area contributed by atoms with Crippen LogP contribution < -0.4 is 15.4 Å². The Balaban J connectivity index is 1.70. The van der Waals surface area contributed by atoms with Crippen LogP contribution in [0.4, 0.5) is 19.3 Å². The summed E-state index contributed by atoms with van der Waals surface area (Å²) in [4.78, 5) is 14.1. The van der Waals surface area contributed by atoms with E-state index in [4.69, 9.17) is 0 Å². The van der Waals surface area contributed by atoms with E-state index in [1.807, 2.05) is 0 Å². The zero-order chi connectivity index (χ0) is 16.7. The quantitative estimate of drug-likeness (QED) is 0.844. The van der Waals surface area contributed by atoms with Crippen LogP contribution in [0.2, 0.25) is 0 Å². The molecule has 1 aromatic rings. The van der Waals surface area contributed by atoms with E-state index < -0.39 is 6.61 Å². The van der Waals surface area contributed by atoms with Gasteiger partial charge < -0.3 is 20.3 Å². The van der Waals surface area contributed by atoms with E-state index in [1.165, 1.54) is 25.0 Å². The van der Waals surface area contributed by atoms with Crippen molar-refractivity contribution in [1.29, 1.82) is 0 Å². The second-order valence-electron chi connectivity index (χ2n) is 5.81. The van der Waals surface area contributed by atoms with Gasteiger partial charge in [0.25, 0.3) is 0 Å². The van der Waals surface area contributed by atoms with Crippen molar-refractivity contribution in [2.75, 3.05) is 31.5 Å². The van der Waals surface area contributed by atoms with Gasteiger partial charge in [-0.15, -0.1) is 0 Å². The Labute approximate surface area is 135 Å². The highest BCUT2D eigenvalue weighted by Gasteiger charge is 2.15. The largest absolute Gasteiger partial charge is 0.435 e. The lowest BCUT2D eigenvalue weighted by molar-refractivity contribution is -0.0497. The monoisotopic (exact) mass is 327 g/mol. The number of alkyl halides is 2. The SMILES string of the molecule is CC1CCN(CCNC(=O)Nc2cccc(OC(F)F)c2)CC1. The molecule has 1 aromatic carbocycles. The van der Waals surface area contributed by atoms with Crippen LogP contribution in [0.5, 0.6) is 5.75 Å². The molecular formula is C16H23F2N3O2. The van der Waals surface area contributed by atoms with Crippen LogP contribution in [0.3, 0.4) is 0 Å². The number of anilines is 1. The van der Waals surface area contributed by atoms with Gasteiger partial charge in [0, 0.05) is 24.8 Å². The minimum atomic E-state index is -2.88. The lowest BCUT2D eigenvalue weighted by atomic mass is 9.99. The third-order valence-corrected chi connectivity index (χ3v) is 3.91. The predicted octanol–water partition coefficient (Wildman–Crippen LogP) is 3.14. The van der Waals surface area contributed by atoms with Gasteiger partial charge in [-0.25, -0.2) is 4.79 Å². The number of ether oxygens (including phenoxy) is 1. The zero-order valence-corrected chi connectivity index (χ0v) is 13.2. The number of hydrogen-bond donors (Lipinski definition) is 2. The second kappa shape index (κ2) is 8.67. The fourth-order valence-corrected chi connectivity index (χ4v) is 2.54. The minimum absolute atomic E-state index is 0.0141. The molecule has 128 valence electrons. The van der Waals surface area contributed by atoms with Gasteiger partial charge in [0.2, 0.25) is 0 Å². The number of nitrogens with zero attached hydrogens (tertiary/aromatic N) is 1. The first kappa shape index (κ1) is 17.5. The van der Waals surface area contributed by atoms with Gasteiger partial charge in [0.15, 0.2) is 0 Å². The zero-order valence-electron chi connectivity index (χ0n) is 13.2. The number of rotatable bonds is 6. The molecule has 1 saturated heterocycles. The van der Waals surface area contributed by atoms with Crippen molar-refractivity contribution in [2.24, 2.45) is 5.92 Å². The number of hydrogen-bond acceptors (Lipinski definition) is 3. The molecule has 7 heteroatoms. The van der Waals surface area contributed by atoms with Gasteiger partial charge in [-0.05, 0) is 44.0 Å². The van der Waals surface area contributed by atoms with Crippen LogP contribution in [0.25, 0.3) is 0 Å². The van der Waals surface area contributed by atoms with Gasteiger partial charge in [0.1, 0.15) is 5.75 Å². The second-order valence-corrected chi connectivity index (χ2v) is 5.81. The molecule has 5 nitrogen and oxygen atoms in total. The highest BCUT2D eigenvalue weighted by Crippen LogP contribution is 2.19. The van der Waals surface area contributed by atoms with E-state index in [0.717, 1.165) is 25.6 Å². The summed E-state index contributed by atoms with van der Waals surface area (Å²) in [6.07, 6.45) is 2.40. The lowest BCUT2D eigenvalue weighted by Crippen LogP contribution is -2.40. The average molecular weight is 327 g/mol. The van der Waals surface area contributed by atoms with E-state index in [-0.39, 0.29) is 11.8 Å². The normalized spacial score (nSPS) is 16.3. The molecule has 1 heterocycles. The highest BCUT2D eigenvalue weighted by atomic mass is 19.3. The number of nitrogens with one attached hydrogen (secondary N) is 2. The summed E-state index contributed by atoms with van der Waals surface area (Å²) >= 11 is 0. The smallest absolute Gasteiger partial charge is 0.387 e. The van der Waals surface area contributed by atoms with Gasteiger partial charge >= 0.3 is 12.6 Å². The molecule has 1 aliphatic heterocycles. The van der Waals surface area contributed by atoms with Crippen LogP contribution >= 0.6 is 0 Å². The maximum absolute atomic E-state index is 12.2. The van der Waals surface area contributed by atoms with Crippen LogP contribution in [0.1, 0.15) is 19.8 Å². The van der Waals surface area contributed by atoms with Crippen molar-refractivity contribution in [3.05, 3.63) is 24.3 Å². The lowest BCUT2D eigenvalue weighted by Gasteiger charge is -2.30. The average Bonchev–Trinajstić information content (AvgIpc) is 2.49. The molecule has 0 aliphatic carbocycles. The Kier molecular flexibility index (Phi) is 6.58. The number of carbonyl (C=O) groups excluding carboxylic acids is 1. The number of urea groups is 1.